The summed E-state index contributed by atoms with van der Waals surface area (Å²) in [5, 5.41) is 3.54. The fourth-order valence-corrected chi connectivity index (χ4v) is 3.31. The number of anilines is 1. The Bertz CT molecular complexity index is 499. The van der Waals surface area contributed by atoms with E-state index in [1.807, 2.05) is 26.0 Å². The van der Waals surface area contributed by atoms with Gasteiger partial charge >= 0.3 is 0 Å². The highest BCUT2D eigenvalue weighted by atomic mass is 35.5. The Balaban J connectivity index is 0.00000242. The van der Waals surface area contributed by atoms with E-state index in [-0.39, 0.29) is 18.3 Å². The lowest BCUT2D eigenvalue weighted by atomic mass is 9.98. The number of nitrogens with one attached hydrogen (secondary N) is 1. The van der Waals surface area contributed by atoms with Crippen LogP contribution >= 0.6 is 24.0 Å². The topological polar surface area (TPSA) is 58.4 Å². The molecular formula is C16H25Cl2N3O. The van der Waals surface area contributed by atoms with E-state index in [1.54, 1.807) is 0 Å². The molecule has 1 aromatic rings. The second kappa shape index (κ2) is 8.73. The third-order valence-corrected chi connectivity index (χ3v) is 4.30. The van der Waals surface area contributed by atoms with Gasteiger partial charge in [-0.15, -0.1) is 12.4 Å². The number of amides is 1. The molecule has 1 heterocycles. The number of aryl methyl sites for hydroxylation is 2. The Morgan fingerprint density at radius 2 is 2.18 bits per heavy atom. The Morgan fingerprint density at radius 3 is 2.82 bits per heavy atom. The Kier molecular flexibility index (Phi) is 7.63. The third kappa shape index (κ3) is 5.13. The smallest absolute Gasteiger partial charge is 0.238 e. The molecule has 4 nitrogen and oxygen atoms in total. The van der Waals surface area contributed by atoms with Gasteiger partial charge < -0.3 is 11.1 Å². The van der Waals surface area contributed by atoms with Crippen LogP contribution in [-0.4, -0.2) is 37.0 Å². The van der Waals surface area contributed by atoms with Crippen LogP contribution in [0, 0.1) is 19.8 Å². The highest BCUT2D eigenvalue weighted by Crippen LogP contribution is 2.27. The van der Waals surface area contributed by atoms with Gasteiger partial charge in [0.05, 0.1) is 17.3 Å². The Labute approximate surface area is 143 Å². The van der Waals surface area contributed by atoms with E-state index in [2.05, 4.69) is 10.2 Å². The summed E-state index contributed by atoms with van der Waals surface area (Å²) in [4.78, 5) is 14.4. The van der Waals surface area contributed by atoms with Crippen molar-refractivity contribution in [2.24, 2.45) is 11.7 Å². The number of carbonyl (C=O) groups is 1. The molecule has 3 N–H and O–H groups in total. The molecule has 2 rings (SSSR count). The van der Waals surface area contributed by atoms with E-state index < -0.39 is 0 Å². The molecule has 1 unspecified atom stereocenters. The zero-order valence-corrected chi connectivity index (χ0v) is 14.8. The molecule has 1 aromatic carbocycles. The molecule has 1 aliphatic rings. The minimum absolute atomic E-state index is 0. The molecular weight excluding hydrogens is 321 g/mol. The fraction of sp³-hybridized carbons (Fsp3) is 0.562. The molecule has 0 radical (unpaired) electrons. The van der Waals surface area contributed by atoms with Crippen molar-refractivity contribution in [3.8, 4) is 0 Å². The quantitative estimate of drug-likeness (QED) is 0.881. The number of nitrogens with two attached hydrogens (primary N) is 1. The van der Waals surface area contributed by atoms with Crippen LogP contribution in [0.4, 0.5) is 5.69 Å². The summed E-state index contributed by atoms with van der Waals surface area (Å²) in [6.45, 7) is 6.92. The van der Waals surface area contributed by atoms with E-state index in [4.69, 9.17) is 17.3 Å². The van der Waals surface area contributed by atoms with Crippen LogP contribution in [0.5, 0.6) is 0 Å². The summed E-state index contributed by atoms with van der Waals surface area (Å²) < 4.78 is 0. The number of hydrogen-bond donors (Lipinski definition) is 2. The lowest BCUT2D eigenvalue weighted by molar-refractivity contribution is -0.117. The van der Waals surface area contributed by atoms with E-state index in [0.717, 1.165) is 42.7 Å². The van der Waals surface area contributed by atoms with E-state index in [9.17, 15) is 4.79 Å². The van der Waals surface area contributed by atoms with Crippen molar-refractivity contribution in [3.63, 3.8) is 0 Å². The van der Waals surface area contributed by atoms with Crippen molar-refractivity contribution >= 4 is 35.6 Å². The van der Waals surface area contributed by atoms with Gasteiger partial charge in [0.1, 0.15) is 0 Å². The van der Waals surface area contributed by atoms with Crippen molar-refractivity contribution in [1.29, 1.82) is 0 Å². The van der Waals surface area contributed by atoms with Gasteiger partial charge in [-0.25, -0.2) is 0 Å². The fourth-order valence-electron chi connectivity index (χ4n) is 2.94. The summed E-state index contributed by atoms with van der Waals surface area (Å²) in [5.74, 6) is 0.498. The van der Waals surface area contributed by atoms with Gasteiger partial charge in [-0.3, -0.25) is 9.69 Å². The number of likely N-dealkylation sites (tertiary alicyclic amines) is 1. The number of halogens is 2. The van der Waals surface area contributed by atoms with Crippen molar-refractivity contribution in [2.45, 2.75) is 26.7 Å². The minimum atomic E-state index is -0.0125. The van der Waals surface area contributed by atoms with Crippen LogP contribution in [0.15, 0.2) is 12.1 Å². The van der Waals surface area contributed by atoms with Gasteiger partial charge in [-0.2, -0.15) is 0 Å². The molecule has 1 amide bonds. The maximum absolute atomic E-state index is 12.2. The molecule has 1 atom stereocenters. The highest BCUT2D eigenvalue weighted by Gasteiger charge is 2.21. The second-order valence-electron chi connectivity index (χ2n) is 5.97. The maximum Gasteiger partial charge on any atom is 0.238 e. The third-order valence-electron chi connectivity index (χ3n) is 4.00. The molecule has 1 saturated heterocycles. The minimum Gasteiger partial charge on any atom is -0.330 e. The van der Waals surface area contributed by atoms with Crippen LogP contribution in [-0.2, 0) is 4.79 Å². The van der Waals surface area contributed by atoms with Crippen LogP contribution in [0.25, 0.3) is 0 Å². The average Bonchev–Trinajstić information content (AvgIpc) is 2.43. The highest BCUT2D eigenvalue weighted by molar-refractivity contribution is 6.34. The Hall–Kier alpha value is -0.810. The molecule has 0 aromatic heterocycles. The van der Waals surface area contributed by atoms with Crippen LogP contribution in [0.3, 0.4) is 0 Å². The van der Waals surface area contributed by atoms with Crippen LogP contribution in [0.2, 0.25) is 5.02 Å². The number of piperidine rings is 1. The van der Waals surface area contributed by atoms with Gasteiger partial charge in [0.2, 0.25) is 5.91 Å². The SMILES string of the molecule is Cc1cc(C)c(NC(=O)CN2CCCC(CN)C2)c(Cl)c1.Cl. The molecule has 6 heteroatoms. The van der Waals surface area contributed by atoms with Gasteiger partial charge in [-0.05, 0) is 62.9 Å². The standard InChI is InChI=1S/C16H24ClN3O.ClH/c1-11-6-12(2)16(14(17)7-11)19-15(21)10-20-5-3-4-13(8-18)9-20;/h6-7,13H,3-5,8-10,18H2,1-2H3,(H,19,21);1H. The molecule has 1 fully saturated rings. The Morgan fingerprint density at radius 1 is 1.45 bits per heavy atom. The molecule has 0 aliphatic carbocycles. The summed E-state index contributed by atoms with van der Waals surface area (Å²) >= 11 is 6.22. The lowest BCUT2D eigenvalue weighted by Crippen LogP contribution is -2.42. The lowest BCUT2D eigenvalue weighted by Gasteiger charge is -2.31. The first-order valence-corrected chi connectivity index (χ1v) is 7.86. The first-order valence-electron chi connectivity index (χ1n) is 7.48. The van der Waals surface area contributed by atoms with Crippen molar-refractivity contribution in [2.75, 3.05) is 31.5 Å². The van der Waals surface area contributed by atoms with Crippen molar-refractivity contribution < 1.29 is 4.79 Å². The zero-order valence-electron chi connectivity index (χ0n) is 13.2. The predicted molar refractivity (Wildman–Crippen MR) is 95.0 cm³/mol. The first-order chi connectivity index (χ1) is 9.99. The number of benzene rings is 1. The van der Waals surface area contributed by atoms with Gasteiger partial charge in [0.15, 0.2) is 0 Å². The number of hydrogen-bond acceptors (Lipinski definition) is 3. The normalized spacial score (nSPS) is 18.6. The number of nitrogens with zero attached hydrogens (tertiary/aromatic N) is 1. The van der Waals surface area contributed by atoms with E-state index >= 15 is 0 Å². The molecule has 0 bridgehead atoms. The first kappa shape index (κ1) is 19.2. The van der Waals surface area contributed by atoms with Gasteiger partial charge in [0.25, 0.3) is 0 Å². The summed E-state index contributed by atoms with van der Waals surface area (Å²) in [5.41, 5.74) is 8.54. The van der Waals surface area contributed by atoms with E-state index in [1.165, 1.54) is 0 Å². The zero-order chi connectivity index (χ0) is 15.4. The second-order valence-corrected chi connectivity index (χ2v) is 6.37. The van der Waals surface area contributed by atoms with Crippen molar-refractivity contribution in [1.82, 2.24) is 4.90 Å². The molecule has 22 heavy (non-hydrogen) atoms. The van der Waals surface area contributed by atoms with Gasteiger partial charge in [-0.1, -0.05) is 17.7 Å². The van der Waals surface area contributed by atoms with Crippen LogP contribution in [0.1, 0.15) is 24.0 Å². The largest absolute Gasteiger partial charge is 0.330 e. The molecule has 0 saturated carbocycles. The summed E-state index contributed by atoms with van der Waals surface area (Å²) in [6, 6.07) is 3.89. The average molecular weight is 346 g/mol. The number of rotatable bonds is 4. The predicted octanol–water partition coefficient (Wildman–Crippen LogP) is 2.99. The number of carbonyl (C=O) groups excluding carboxylic acids is 1. The molecule has 0 spiro atoms. The molecule has 124 valence electrons. The monoisotopic (exact) mass is 345 g/mol. The van der Waals surface area contributed by atoms with E-state index in [0.29, 0.717) is 24.0 Å². The van der Waals surface area contributed by atoms with Crippen molar-refractivity contribution in [3.05, 3.63) is 28.3 Å². The summed E-state index contributed by atoms with van der Waals surface area (Å²) in [7, 11) is 0. The molecule has 1 aliphatic heterocycles. The van der Waals surface area contributed by atoms with Gasteiger partial charge in [0, 0.05) is 6.54 Å². The summed E-state index contributed by atoms with van der Waals surface area (Å²) in [6.07, 6.45) is 2.27. The maximum atomic E-state index is 12.2. The van der Waals surface area contributed by atoms with Crippen LogP contribution < -0.4 is 11.1 Å².